The van der Waals surface area contributed by atoms with E-state index in [1.165, 1.54) is 17.4 Å². The highest BCUT2D eigenvalue weighted by Gasteiger charge is 2.24. The minimum absolute atomic E-state index is 0.183. The van der Waals surface area contributed by atoms with Crippen LogP contribution < -0.4 is 10.1 Å². The van der Waals surface area contributed by atoms with Crippen molar-refractivity contribution in [2.75, 3.05) is 18.5 Å². The SMILES string of the molecule is CCOc1ccc(/C=C/C(=O)Nc2nc3c(s2)CN(C(=O)CC(C)C)CC3)cc1. The Morgan fingerprint density at radius 2 is 2.07 bits per heavy atom. The van der Waals surface area contributed by atoms with E-state index in [1.807, 2.05) is 36.1 Å². The lowest BCUT2D eigenvalue weighted by Crippen LogP contribution is -2.36. The first-order valence-electron chi connectivity index (χ1n) is 9.93. The molecule has 1 aliphatic heterocycles. The molecule has 29 heavy (non-hydrogen) atoms. The van der Waals surface area contributed by atoms with E-state index in [-0.39, 0.29) is 11.8 Å². The number of aromatic nitrogens is 1. The van der Waals surface area contributed by atoms with Crippen molar-refractivity contribution in [3.8, 4) is 5.75 Å². The molecule has 1 aliphatic rings. The van der Waals surface area contributed by atoms with Gasteiger partial charge in [0, 0.05) is 30.3 Å². The van der Waals surface area contributed by atoms with E-state index < -0.39 is 0 Å². The Bertz CT molecular complexity index is 887. The standard InChI is InChI=1S/C22H27N3O3S/c1-4-28-17-8-5-16(6-9-17)7-10-20(26)24-22-23-18-11-12-25(14-19(18)29-22)21(27)13-15(2)3/h5-10,15H,4,11-14H2,1-3H3,(H,23,24,26)/b10-7+. The predicted molar refractivity (Wildman–Crippen MR) is 116 cm³/mol. The van der Waals surface area contributed by atoms with E-state index >= 15 is 0 Å². The minimum atomic E-state index is -0.224. The quantitative estimate of drug-likeness (QED) is 0.693. The van der Waals surface area contributed by atoms with Gasteiger partial charge in [-0.2, -0.15) is 0 Å². The molecule has 0 aliphatic carbocycles. The van der Waals surface area contributed by atoms with E-state index in [0.29, 0.717) is 37.2 Å². The molecular weight excluding hydrogens is 386 g/mol. The highest BCUT2D eigenvalue weighted by molar-refractivity contribution is 7.15. The number of hydrogen-bond acceptors (Lipinski definition) is 5. The lowest BCUT2D eigenvalue weighted by Gasteiger charge is -2.26. The van der Waals surface area contributed by atoms with Gasteiger partial charge < -0.3 is 9.64 Å². The van der Waals surface area contributed by atoms with Crippen LogP contribution in [0, 0.1) is 5.92 Å². The zero-order chi connectivity index (χ0) is 20.8. The van der Waals surface area contributed by atoms with Crippen LogP contribution in [0.1, 0.15) is 43.3 Å². The second-order valence-electron chi connectivity index (χ2n) is 7.38. The molecule has 0 unspecified atom stereocenters. The van der Waals surface area contributed by atoms with Gasteiger partial charge in [0.05, 0.1) is 18.8 Å². The third kappa shape index (κ3) is 5.90. The summed E-state index contributed by atoms with van der Waals surface area (Å²) in [5.74, 6) is 1.12. The van der Waals surface area contributed by atoms with Crippen molar-refractivity contribution in [3.05, 3.63) is 46.5 Å². The summed E-state index contributed by atoms with van der Waals surface area (Å²) in [4.78, 5) is 32.0. The Hall–Kier alpha value is -2.67. The maximum Gasteiger partial charge on any atom is 0.250 e. The van der Waals surface area contributed by atoms with Crippen LogP contribution in [0.2, 0.25) is 0 Å². The van der Waals surface area contributed by atoms with Crippen LogP contribution in [-0.4, -0.2) is 34.8 Å². The number of thiazole rings is 1. The van der Waals surface area contributed by atoms with Crippen molar-refractivity contribution in [2.24, 2.45) is 5.92 Å². The third-order valence-corrected chi connectivity index (χ3v) is 5.51. The van der Waals surface area contributed by atoms with Gasteiger partial charge in [-0.1, -0.05) is 37.3 Å². The molecule has 0 spiro atoms. The van der Waals surface area contributed by atoms with Crippen molar-refractivity contribution in [3.63, 3.8) is 0 Å². The van der Waals surface area contributed by atoms with E-state index in [2.05, 4.69) is 24.1 Å². The van der Waals surface area contributed by atoms with Crippen LogP contribution in [0.25, 0.3) is 6.08 Å². The predicted octanol–water partition coefficient (Wildman–Crippen LogP) is 4.12. The highest BCUT2D eigenvalue weighted by Crippen LogP contribution is 2.29. The molecule has 2 aromatic rings. The zero-order valence-electron chi connectivity index (χ0n) is 17.1. The van der Waals surface area contributed by atoms with Gasteiger partial charge in [-0.05, 0) is 36.6 Å². The Labute approximate surface area is 175 Å². The van der Waals surface area contributed by atoms with Crippen molar-refractivity contribution in [1.29, 1.82) is 0 Å². The van der Waals surface area contributed by atoms with Crippen LogP contribution >= 0.6 is 11.3 Å². The summed E-state index contributed by atoms with van der Waals surface area (Å²) >= 11 is 1.45. The minimum Gasteiger partial charge on any atom is -0.494 e. The third-order valence-electron chi connectivity index (χ3n) is 4.52. The molecule has 6 nitrogen and oxygen atoms in total. The summed E-state index contributed by atoms with van der Waals surface area (Å²) in [5.41, 5.74) is 1.90. The van der Waals surface area contributed by atoms with Gasteiger partial charge in [0.2, 0.25) is 11.8 Å². The van der Waals surface area contributed by atoms with Crippen LogP contribution in [0.15, 0.2) is 30.3 Å². The number of rotatable bonds is 7. The Morgan fingerprint density at radius 3 is 2.76 bits per heavy atom. The Morgan fingerprint density at radius 1 is 1.31 bits per heavy atom. The fraction of sp³-hybridized carbons (Fsp3) is 0.409. The summed E-state index contributed by atoms with van der Waals surface area (Å²) < 4.78 is 5.41. The van der Waals surface area contributed by atoms with Crippen molar-refractivity contribution in [2.45, 2.75) is 40.2 Å². The van der Waals surface area contributed by atoms with Gasteiger partial charge >= 0.3 is 0 Å². The summed E-state index contributed by atoms with van der Waals surface area (Å²) in [6, 6.07) is 7.56. The first-order valence-corrected chi connectivity index (χ1v) is 10.7. The molecule has 0 fully saturated rings. The summed E-state index contributed by atoms with van der Waals surface area (Å²) in [6.07, 6.45) is 4.54. The molecule has 0 saturated heterocycles. The number of anilines is 1. The van der Waals surface area contributed by atoms with Gasteiger partial charge in [0.15, 0.2) is 5.13 Å². The molecule has 1 aromatic heterocycles. The molecular formula is C22H27N3O3S. The van der Waals surface area contributed by atoms with Gasteiger partial charge in [-0.25, -0.2) is 4.98 Å². The molecule has 0 bridgehead atoms. The normalized spacial score (nSPS) is 13.6. The number of nitrogens with zero attached hydrogens (tertiary/aromatic N) is 2. The van der Waals surface area contributed by atoms with Gasteiger partial charge in [0.1, 0.15) is 5.75 Å². The number of fused-ring (bicyclic) bond motifs is 1. The maximum atomic E-state index is 12.3. The van der Waals surface area contributed by atoms with Gasteiger partial charge in [0.25, 0.3) is 0 Å². The highest BCUT2D eigenvalue weighted by atomic mass is 32.1. The number of carbonyl (C=O) groups is 2. The zero-order valence-corrected chi connectivity index (χ0v) is 17.9. The molecule has 7 heteroatoms. The summed E-state index contributed by atoms with van der Waals surface area (Å²) in [7, 11) is 0. The van der Waals surface area contributed by atoms with Crippen LogP contribution in [0.4, 0.5) is 5.13 Å². The molecule has 2 amide bonds. The topological polar surface area (TPSA) is 71.5 Å². The molecule has 2 heterocycles. The second-order valence-corrected chi connectivity index (χ2v) is 8.46. The fourth-order valence-corrected chi connectivity index (χ4v) is 4.13. The smallest absolute Gasteiger partial charge is 0.250 e. The lowest BCUT2D eigenvalue weighted by atomic mass is 10.1. The molecule has 0 atom stereocenters. The number of amides is 2. The van der Waals surface area contributed by atoms with Crippen LogP contribution in [0.3, 0.4) is 0 Å². The fourth-order valence-electron chi connectivity index (χ4n) is 3.10. The Balaban J connectivity index is 1.57. The maximum absolute atomic E-state index is 12.3. The monoisotopic (exact) mass is 413 g/mol. The first kappa shape index (κ1) is 21.0. The lowest BCUT2D eigenvalue weighted by molar-refractivity contribution is -0.132. The van der Waals surface area contributed by atoms with Gasteiger partial charge in [-0.15, -0.1) is 0 Å². The van der Waals surface area contributed by atoms with Crippen LogP contribution in [0.5, 0.6) is 5.75 Å². The summed E-state index contributed by atoms with van der Waals surface area (Å²) in [6.45, 7) is 7.93. The average molecular weight is 414 g/mol. The van der Waals surface area contributed by atoms with E-state index in [4.69, 9.17) is 4.74 Å². The molecule has 1 N–H and O–H groups in total. The van der Waals surface area contributed by atoms with E-state index in [1.54, 1.807) is 6.08 Å². The van der Waals surface area contributed by atoms with Crippen LogP contribution in [-0.2, 0) is 22.6 Å². The second kappa shape index (κ2) is 9.69. The van der Waals surface area contributed by atoms with E-state index in [9.17, 15) is 9.59 Å². The number of carbonyl (C=O) groups excluding carboxylic acids is 2. The average Bonchev–Trinajstić information content (AvgIpc) is 3.08. The molecule has 3 rings (SSSR count). The first-order chi connectivity index (χ1) is 13.9. The molecule has 0 radical (unpaired) electrons. The molecule has 154 valence electrons. The summed E-state index contributed by atoms with van der Waals surface area (Å²) in [5, 5.41) is 3.41. The molecule has 0 saturated carbocycles. The molecule has 1 aromatic carbocycles. The number of hydrogen-bond donors (Lipinski definition) is 1. The number of benzene rings is 1. The number of ether oxygens (including phenoxy) is 1. The van der Waals surface area contributed by atoms with Crippen molar-refractivity contribution < 1.29 is 14.3 Å². The van der Waals surface area contributed by atoms with Crippen molar-refractivity contribution >= 4 is 34.4 Å². The van der Waals surface area contributed by atoms with Gasteiger partial charge in [-0.3, -0.25) is 14.9 Å². The number of nitrogens with one attached hydrogen (secondary N) is 1. The largest absolute Gasteiger partial charge is 0.494 e. The van der Waals surface area contributed by atoms with Crippen molar-refractivity contribution in [1.82, 2.24) is 9.88 Å². The van der Waals surface area contributed by atoms with E-state index in [0.717, 1.165) is 28.3 Å². The Kier molecular flexibility index (Phi) is 7.04.